The van der Waals surface area contributed by atoms with Crippen molar-refractivity contribution in [3.63, 3.8) is 0 Å². The smallest absolute Gasteiger partial charge is 0.307 e. The third kappa shape index (κ3) is 6.14. The van der Waals surface area contributed by atoms with Crippen LogP contribution in [-0.2, 0) is 11.3 Å². The van der Waals surface area contributed by atoms with E-state index in [2.05, 4.69) is 53.5 Å². The second kappa shape index (κ2) is 11.3. The van der Waals surface area contributed by atoms with Gasteiger partial charge in [0.2, 0.25) is 5.88 Å². The molecular formula is C27H26N2O4S. The standard InChI is InChI=1S/C27H26N2O4S/c1-2-24(22-12-10-21(11-13-22)20-6-4-3-5-7-20)29-33-17-16-32-23-14-8-19(9-15-23)18-25-26(30)28-27(31)34-25/h3-15,30H,2,16-18H2,1H3,(H,28,31)/b29-24+. The summed E-state index contributed by atoms with van der Waals surface area (Å²) in [6, 6.07) is 26.1. The Morgan fingerprint density at radius 1 is 0.941 bits per heavy atom. The molecule has 0 spiro atoms. The van der Waals surface area contributed by atoms with E-state index in [1.54, 1.807) is 0 Å². The van der Waals surface area contributed by atoms with Crippen molar-refractivity contribution in [1.82, 2.24) is 4.98 Å². The fourth-order valence-corrected chi connectivity index (χ4v) is 4.25. The highest BCUT2D eigenvalue weighted by molar-refractivity contribution is 7.09. The van der Waals surface area contributed by atoms with Gasteiger partial charge in [-0.25, -0.2) is 0 Å². The van der Waals surface area contributed by atoms with Crippen molar-refractivity contribution in [1.29, 1.82) is 0 Å². The summed E-state index contributed by atoms with van der Waals surface area (Å²) in [5.74, 6) is 0.654. The molecule has 0 bridgehead atoms. The van der Waals surface area contributed by atoms with Crippen molar-refractivity contribution in [3.05, 3.63) is 105 Å². The first-order chi connectivity index (χ1) is 16.6. The average molecular weight is 475 g/mol. The summed E-state index contributed by atoms with van der Waals surface area (Å²) in [5.41, 5.74) is 5.26. The molecule has 1 aromatic heterocycles. The first-order valence-electron chi connectivity index (χ1n) is 11.1. The lowest BCUT2D eigenvalue weighted by atomic mass is 10.0. The van der Waals surface area contributed by atoms with E-state index in [4.69, 9.17) is 9.57 Å². The van der Waals surface area contributed by atoms with Crippen molar-refractivity contribution in [2.24, 2.45) is 5.16 Å². The molecule has 0 aliphatic rings. The SMILES string of the molecule is CC/C(=N\OCCOc1ccc(Cc2sc(=O)[nH]c2O)cc1)c1ccc(-c2ccccc2)cc1. The van der Waals surface area contributed by atoms with Gasteiger partial charge in [0.25, 0.3) is 0 Å². The predicted octanol–water partition coefficient (Wildman–Crippen LogP) is 5.61. The topological polar surface area (TPSA) is 83.9 Å². The van der Waals surface area contributed by atoms with Gasteiger partial charge in [0.05, 0.1) is 10.6 Å². The zero-order valence-electron chi connectivity index (χ0n) is 18.9. The minimum Gasteiger partial charge on any atom is -0.494 e. The highest BCUT2D eigenvalue weighted by Crippen LogP contribution is 2.22. The minimum atomic E-state index is -0.259. The molecule has 0 saturated heterocycles. The Bertz CT molecular complexity index is 1280. The molecule has 174 valence electrons. The maximum absolute atomic E-state index is 11.3. The van der Waals surface area contributed by atoms with Gasteiger partial charge in [-0.05, 0) is 40.8 Å². The lowest BCUT2D eigenvalue weighted by molar-refractivity contribution is 0.107. The van der Waals surface area contributed by atoms with E-state index >= 15 is 0 Å². The van der Waals surface area contributed by atoms with Crippen LogP contribution in [0.3, 0.4) is 0 Å². The Morgan fingerprint density at radius 3 is 2.29 bits per heavy atom. The molecule has 4 aromatic rings. The van der Waals surface area contributed by atoms with E-state index < -0.39 is 0 Å². The van der Waals surface area contributed by atoms with Gasteiger partial charge in [-0.1, -0.05) is 90.1 Å². The van der Waals surface area contributed by atoms with Crippen LogP contribution in [0.2, 0.25) is 0 Å². The molecule has 0 fully saturated rings. The predicted molar refractivity (Wildman–Crippen MR) is 136 cm³/mol. The maximum atomic E-state index is 11.3. The third-order valence-electron chi connectivity index (χ3n) is 5.27. The van der Waals surface area contributed by atoms with Crippen LogP contribution in [0.5, 0.6) is 11.6 Å². The number of benzene rings is 3. The van der Waals surface area contributed by atoms with Gasteiger partial charge in [0.1, 0.15) is 12.4 Å². The molecule has 0 atom stereocenters. The lowest BCUT2D eigenvalue weighted by Crippen LogP contribution is -2.06. The zero-order chi connectivity index (χ0) is 23.8. The molecule has 34 heavy (non-hydrogen) atoms. The Balaban J connectivity index is 1.25. The van der Waals surface area contributed by atoms with Crippen LogP contribution in [0.25, 0.3) is 11.1 Å². The summed E-state index contributed by atoms with van der Waals surface area (Å²) in [4.78, 5) is 19.5. The molecule has 0 aliphatic carbocycles. The van der Waals surface area contributed by atoms with Crippen molar-refractivity contribution in [2.75, 3.05) is 13.2 Å². The zero-order valence-corrected chi connectivity index (χ0v) is 19.7. The molecule has 0 saturated carbocycles. The largest absolute Gasteiger partial charge is 0.494 e. The van der Waals surface area contributed by atoms with Crippen LogP contribution in [-0.4, -0.2) is 29.0 Å². The van der Waals surface area contributed by atoms with Gasteiger partial charge in [-0.3, -0.25) is 9.78 Å². The van der Waals surface area contributed by atoms with Gasteiger partial charge in [0, 0.05) is 6.42 Å². The highest BCUT2D eigenvalue weighted by Gasteiger charge is 2.08. The number of nitrogens with zero attached hydrogens (tertiary/aromatic N) is 1. The van der Waals surface area contributed by atoms with Crippen LogP contribution in [0.1, 0.15) is 29.3 Å². The van der Waals surface area contributed by atoms with Gasteiger partial charge >= 0.3 is 4.87 Å². The summed E-state index contributed by atoms with van der Waals surface area (Å²) in [7, 11) is 0. The molecule has 0 radical (unpaired) electrons. The molecule has 0 unspecified atom stereocenters. The normalized spacial score (nSPS) is 11.4. The summed E-state index contributed by atoms with van der Waals surface area (Å²) < 4.78 is 5.73. The number of hydrogen-bond donors (Lipinski definition) is 2. The molecule has 7 heteroatoms. The summed E-state index contributed by atoms with van der Waals surface area (Å²) >= 11 is 1.01. The number of aromatic nitrogens is 1. The second-order valence-corrected chi connectivity index (χ2v) is 8.69. The molecule has 4 rings (SSSR count). The van der Waals surface area contributed by atoms with Crippen LogP contribution in [0, 0.1) is 0 Å². The van der Waals surface area contributed by atoms with Crippen molar-refractivity contribution < 1.29 is 14.7 Å². The third-order valence-corrected chi connectivity index (χ3v) is 6.14. The number of aromatic hydroxyl groups is 1. The number of H-pyrrole nitrogens is 1. The Morgan fingerprint density at radius 2 is 1.65 bits per heavy atom. The number of thiazole rings is 1. The number of rotatable bonds is 10. The monoisotopic (exact) mass is 474 g/mol. The van der Waals surface area contributed by atoms with E-state index in [1.807, 2.05) is 42.5 Å². The number of aromatic amines is 1. The minimum absolute atomic E-state index is 0.0633. The molecule has 6 nitrogen and oxygen atoms in total. The van der Waals surface area contributed by atoms with Crippen molar-refractivity contribution in [2.45, 2.75) is 19.8 Å². The van der Waals surface area contributed by atoms with E-state index in [-0.39, 0.29) is 10.8 Å². The Kier molecular flexibility index (Phi) is 7.78. The first-order valence-corrected chi connectivity index (χ1v) is 11.9. The van der Waals surface area contributed by atoms with Crippen molar-refractivity contribution in [3.8, 4) is 22.8 Å². The van der Waals surface area contributed by atoms with Crippen LogP contribution >= 0.6 is 11.3 Å². The molecule has 0 aliphatic heterocycles. The molecule has 1 heterocycles. The Hall–Kier alpha value is -3.84. The van der Waals surface area contributed by atoms with E-state index in [9.17, 15) is 9.90 Å². The second-order valence-electron chi connectivity index (χ2n) is 7.62. The van der Waals surface area contributed by atoms with Gasteiger partial charge in [-0.15, -0.1) is 0 Å². The van der Waals surface area contributed by atoms with E-state index in [0.717, 1.165) is 40.3 Å². The Labute approximate surface area is 202 Å². The summed E-state index contributed by atoms with van der Waals surface area (Å²) in [6.45, 7) is 2.75. The molecule has 3 aromatic carbocycles. The van der Waals surface area contributed by atoms with Gasteiger partial charge < -0.3 is 14.7 Å². The van der Waals surface area contributed by atoms with Crippen LogP contribution in [0.4, 0.5) is 0 Å². The fraction of sp³-hybridized carbons (Fsp3) is 0.185. The van der Waals surface area contributed by atoms with E-state index in [1.165, 1.54) is 11.1 Å². The molecule has 0 amide bonds. The first kappa shape index (κ1) is 23.3. The summed E-state index contributed by atoms with van der Waals surface area (Å²) in [5, 5.41) is 14.0. The van der Waals surface area contributed by atoms with Crippen molar-refractivity contribution >= 4 is 17.0 Å². The highest BCUT2D eigenvalue weighted by atomic mass is 32.1. The number of ether oxygens (including phenoxy) is 1. The molecule has 2 N–H and O–H groups in total. The number of nitrogens with one attached hydrogen (secondary N) is 1. The summed E-state index contributed by atoms with van der Waals surface area (Å²) in [6.07, 6.45) is 1.25. The van der Waals surface area contributed by atoms with Crippen LogP contribution < -0.4 is 9.61 Å². The van der Waals surface area contributed by atoms with Gasteiger partial charge in [-0.2, -0.15) is 0 Å². The van der Waals surface area contributed by atoms with E-state index in [0.29, 0.717) is 24.5 Å². The quantitative estimate of drug-likeness (QED) is 0.178. The average Bonchev–Trinajstić information content (AvgIpc) is 3.19. The van der Waals surface area contributed by atoms with Gasteiger partial charge in [0.15, 0.2) is 6.61 Å². The maximum Gasteiger partial charge on any atom is 0.307 e. The number of hydrogen-bond acceptors (Lipinski definition) is 6. The lowest BCUT2D eigenvalue weighted by Gasteiger charge is -2.08. The fourth-order valence-electron chi connectivity index (χ4n) is 3.49. The van der Waals surface area contributed by atoms with Crippen LogP contribution in [0.15, 0.2) is 88.8 Å². The molecular weight excluding hydrogens is 448 g/mol. The number of oxime groups is 1.